The number of nitrogens with one attached hydrogen (secondary N) is 8. The predicted molar refractivity (Wildman–Crippen MR) is 259 cm³/mol. The van der Waals surface area contributed by atoms with Gasteiger partial charge in [0.25, 0.3) is 23.6 Å². The summed E-state index contributed by atoms with van der Waals surface area (Å²) in [7, 11) is 0. The van der Waals surface area contributed by atoms with Gasteiger partial charge in [0.15, 0.2) is 11.4 Å². The molecule has 0 spiro atoms. The first-order valence-electron chi connectivity index (χ1n) is 23.4. The minimum Gasteiger partial charge on any atom is -0.458 e. The molecule has 0 fully saturated rings. The van der Waals surface area contributed by atoms with Gasteiger partial charge in [-0.3, -0.25) is 28.8 Å². The van der Waals surface area contributed by atoms with E-state index in [1.54, 1.807) is 116 Å². The molecule has 6 atom stereocenters. The molecule has 0 aliphatic carbocycles. The minimum absolute atomic E-state index is 0.0448. The van der Waals surface area contributed by atoms with Crippen molar-refractivity contribution in [3.8, 4) is 0 Å². The summed E-state index contributed by atoms with van der Waals surface area (Å²) in [5.74, 6) is -6.36. The maximum absolute atomic E-state index is 13.8. The molecule has 0 aliphatic rings. The van der Waals surface area contributed by atoms with E-state index in [1.807, 2.05) is 13.8 Å². The summed E-state index contributed by atoms with van der Waals surface area (Å²) in [6.07, 6.45) is 3.48. The first-order valence-corrected chi connectivity index (χ1v) is 23.4. The molecule has 20 heteroatoms. The number of benzene rings is 2. The van der Waals surface area contributed by atoms with Gasteiger partial charge in [-0.1, -0.05) is 101 Å². The van der Waals surface area contributed by atoms with E-state index in [-0.39, 0.29) is 60.5 Å². The number of imidazole rings is 2. The summed E-state index contributed by atoms with van der Waals surface area (Å²) < 4.78 is 11.1. The van der Waals surface area contributed by atoms with Crippen LogP contribution in [0.3, 0.4) is 0 Å². The maximum Gasteiger partial charge on any atom is 0.329 e. The Bertz CT molecular complexity index is 2260. The molecule has 0 aliphatic heterocycles. The highest BCUT2D eigenvalue weighted by atomic mass is 16.6. The quantitative estimate of drug-likeness (QED) is 0.0390. The van der Waals surface area contributed by atoms with E-state index in [4.69, 9.17) is 9.47 Å². The Kier molecular flexibility index (Phi) is 20.0. The Morgan fingerprint density at radius 3 is 1.19 bits per heavy atom. The van der Waals surface area contributed by atoms with E-state index in [0.717, 1.165) is 12.7 Å². The third-order valence-corrected chi connectivity index (χ3v) is 11.0. The fourth-order valence-corrected chi connectivity index (χ4v) is 6.96. The number of rotatable bonds is 23. The van der Waals surface area contributed by atoms with Crippen LogP contribution in [0.1, 0.15) is 135 Å². The lowest BCUT2D eigenvalue weighted by atomic mass is 9.98. The topological polar surface area (TPSA) is 285 Å². The maximum atomic E-state index is 13.8. The van der Waals surface area contributed by atoms with Gasteiger partial charge in [0.1, 0.15) is 46.8 Å². The van der Waals surface area contributed by atoms with Crippen LogP contribution in [0.2, 0.25) is 0 Å². The van der Waals surface area contributed by atoms with Gasteiger partial charge in [-0.05, 0) is 64.5 Å². The molecule has 0 radical (unpaired) electrons. The van der Waals surface area contributed by atoms with Gasteiger partial charge < -0.3 is 51.3 Å². The zero-order valence-electron chi connectivity index (χ0n) is 41.6. The van der Waals surface area contributed by atoms with Crippen LogP contribution in [0, 0.1) is 11.8 Å². The molecule has 2 heterocycles. The zero-order valence-corrected chi connectivity index (χ0v) is 41.6. The molecule has 4 aromatic rings. The van der Waals surface area contributed by atoms with E-state index in [9.17, 15) is 38.4 Å². The Morgan fingerprint density at radius 2 is 0.871 bits per heavy atom. The van der Waals surface area contributed by atoms with Crippen molar-refractivity contribution < 1.29 is 47.8 Å². The van der Waals surface area contributed by atoms with E-state index < -0.39 is 82.8 Å². The molecular weight excluding hydrogens is 901 g/mol. The number of aromatic nitrogens is 4. The first-order chi connectivity index (χ1) is 33.0. The van der Waals surface area contributed by atoms with Crippen LogP contribution in [0.4, 0.5) is 0 Å². The molecule has 70 heavy (non-hydrogen) atoms. The van der Waals surface area contributed by atoms with E-state index >= 15 is 0 Å². The van der Waals surface area contributed by atoms with Gasteiger partial charge in [-0.25, -0.2) is 19.6 Å². The Balaban J connectivity index is 1.45. The summed E-state index contributed by atoms with van der Waals surface area (Å²) in [5, 5.41) is 16.2. The van der Waals surface area contributed by atoms with Gasteiger partial charge in [0, 0.05) is 25.9 Å². The van der Waals surface area contributed by atoms with Gasteiger partial charge in [-0.15, -0.1) is 0 Å². The van der Waals surface area contributed by atoms with Crippen molar-refractivity contribution >= 4 is 47.4 Å². The van der Waals surface area contributed by atoms with Crippen LogP contribution in [-0.4, -0.2) is 116 Å². The standard InChI is InChI=1S/C50H68N10O10/c1-11-29(3)35(47(67)69-49(5,6)7)59-45(65)39-37(53-27-55-39)43(63)57-33(25-31-19-15-13-16-20-31)41(61)51-23-24-52-42(62)34(26-32-21-17-14-18-22-32)58-44(64)38-40(56-28-54-38)46(66)60-36(30(4)12-2)48(68)70-50(8,9)10/h13-22,27-30,33-36H,11-12,23-26H2,1-10H3,(H,51,61)(H,52,62)(H,53,55)(H,54,56)(H,57,63)(H,58,64)(H,59,65)(H,60,66)/t29-,30-,33+,34+,35-,36-/m0/s1. The highest BCUT2D eigenvalue weighted by molar-refractivity contribution is 6.07. The second kappa shape index (κ2) is 25.3. The minimum atomic E-state index is -1.18. The molecule has 20 nitrogen and oxygen atoms in total. The van der Waals surface area contributed by atoms with Crippen LogP contribution in [-0.2, 0) is 41.5 Å². The molecule has 378 valence electrons. The number of esters is 2. The highest BCUT2D eigenvalue weighted by Crippen LogP contribution is 2.18. The Morgan fingerprint density at radius 1 is 0.529 bits per heavy atom. The SMILES string of the molecule is CC[C@H](C)[C@H](NC(=O)c1[nH]cnc1C(=O)N[C@H](Cc1ccccc1)C(=O)NCCNC(=O)[C@@H](Cc1ccccc1)NC(=O)c1nc[nH]c1C(=O)N[C@H](C(=O)OC(C)(C)C)[C@@H](C)CC)C(=O)OC(C)(C)C. The number of nitrogens with zero attached hydrogens (tertiary/aromatic N) is 2. The highest BCUT2D eigenvalue weighted by Gasteiger charge is 2.35. The van der Waals surface area contributed by atoms with Gasteiger partial charge in [0.2, 0.25) is 11.8 Å². The van der Waals surface area contributed by atoms with Crippen molar-refractivity contribution in [3.63, 3.8) is 0 Å². The fourth-order valence-electron chi connectivity index (χ4n) is 6.96. The third-order valence-electron chi connectivity index (χ3n) is 11.0. The third kappa shape index (κ3) is 16.7. The summed E-state index contributed by atoms with van der Waals surface area (Å²) in [6.45, 7) is 17.4. The van der Waals surface area contributed by atoms with Crippen molar-refractivity contribution in [2.24, 2.45) is 11.8 Å². The van der Waals surface area contributed by atoms with Crippen LogP contribution in [0.15, 0.2) is 73.3 Å². The molecular formula is C50H68N10O10. The monoisotopic (exact) mass is 969 g/mol. The molecule has 0 unspecified atom stereocenters. The van der Waals surface area contributed by atoms with Crippen molar-refractivity contribution in [2.75, 3.05) is 13.1 Å². The van der Waals surface area contributed by atoms with Gasteiger partial charge in [-0.2, -0.15) is 0 Å². The average molecular weight is 969 g/mol. The lowest BCUT2D eigenvalue weighted by Crippen LogP contribution is -2.52. The van der Waals surface area contributed by atoms with Crippen molar-refractivity contribution in [1.82, 2.24) is 51.8 Å². The molecule has 2 aromatic carbocycles. The van der Waals surface area contributed by atoms with Gasteiger partial charge >= 0.3 is 11.9 Å². The summed E-state index contributed by atoms with van der Waals surface area (Å²) in [6, 6.07) is 13.4. The molecule has 8 N–H and O–H groups in total. The lowest BCUT2D eigenvalue weighted by molar-refractivity contribution is -0.159. The van der Waals surface area contributed by atoms with Crippen LogP contribution in [0.5, 0.6) is 0 Å². The largest absolute Gasteiger partial charge is 0.458 e. The molecule has 2 aromatic heterocycles. The van der Waals surface area contributed by atoms with Crippen molar-refractivity contribution in [2.45, 2.75) is 130 Å². The Hall–Kier alpha value is -7.38. The zero-order chi connectivity index (χ0) is 51.8. The fraction of sp³-hybridized carbons (Fsp3) is 0.480. The molecule has 4 rings (SSSR count). The number of H-pyrrole nitrogens is 2. The summed E-state index contributed by atoms with van der Waals surface area (Å²) >= 11 is 0. The van der Waals surface area contributed by atoms with Gasteiger partial charge in [0.05, 0.1) is 12.7 Å². The van der Waals surface area contributed by atoms with Crippen LogP contribution < -0.4 is 31.9 Å². The molecule has 0 saturated heterocycles. The van der Waals surface area contributed by atoms with E-state index in [0.29, 0.717) is 24.0 Å². The molecule has 0 saturated carbocycles. The Labute approximate surface area is 408 Å². The van der Waals surface area contributed by atoms with E-state index in [1.165, 1.54) is 0 Å². The molecule has 6 amide bonds. The number of carbonyl (C=O) groups is 8. The number of hydrogen-bond acceptors (Lipinski definition) is 12. The second-order valence-electron chi connectivity index (χ2n) is 19.0. The summed E-state index contributed by atoms with van der Waals surface area (Å²) in [4.78, 5) is 122. The first kappa shape index (κ1) is 55.2. The number of amides is 6. The molecule has 0 bridgehead atoms. The van der Waals surface area contributed by atoms with Crippen molar-refractivity contribution in [1.29, 1.82) is 0 Å². The number of carbonyl (C=O) groups excluding carboxylic acids is 8. The number of hydrogen-bond donors (Lipinski definition) is 8. The van der Waals surface area contributed by atoms with Crippen LogP contribution >= 0.6 is 0 Å². The average Bonchev–Trinajstić information content (AvgIpc) is 4.01. The lowest BCUT2D eigenvalue weighted by Gasteiger charge is -2.27. The smallest absolute Gasteiger partial charge is 0.329 e. The predicted octanol–water partition coefficient (Wildman–Crippen LogP) is 3.72. The second-order valence-corrected chi connectivity index (χ2v) is 19.0. The summed E-state index contributed by atoms with van der Waals surface area (Å²) in [5.41, 5.74) is -1.29. The van der Waals surface area contributed by atoms with E-state index in [2.05, 4.69) is 51.8 Å². The number of ether oxygens (including phenoxy) is 2. The van der Waals surface area contributed by atoms with Crippen molar-refractivity contribution in [3.05, 3.63) is 107 Å². The normalized spacial score (nSPS) is 14.0. The number of aromatic amines is 2. The van der Waals surface area contributed by atoms with Crippen LogP contribution in [0.25, 0.3) is 0 Å².